The first-order valence-electron chi connectivity index (χ1n) is 6.72. The van der Waals surface area contributed by atoms with Crippen molar-refractivity contribution >= 4 is 17.2 Å². The van der Waals surface area contributed by atoms with Gasteiger partial charge in [-0.05, 0) is 34.6 Å². The monoisotopic (exact) mass is 304 g/mol. The van der Waals surface area contributed by atoms with Crippen LogP contribution in [0.1, 0.15) is 41.6 Å². The van der Waals surface area contributed by atoms with Gasteiger partial charge in [-0.3, -0.25) is 10.2 Å². The van der Waals surface area contributed by atoms with E-state index in [1.54, 1.807) is 0 Å². The normalized spacial score (nSPS) is 11.2. The lowest BCUT2D eigenvalue weighted by molar-refractivity contribution is 0.0955. The third-order valence-corrected chi connectivity index (χ3v) is 4.13. The molecule has 0 fully saturated rings. The quantitative estimate of drug-likeness (QED) is 0.518. The van der Waals surface area contributed by atoms with Crippen LogP contribution < -0.4 is 16.0 Å². The predicted octanol–water partition coefficient (Wildman–Crippen LogP) is 3.23. The second-order valence-corrected chi connectivity index (χ2v) is 6.73. The molecule has 1 amide bonds. The third kappa shape index (κ3) is 3.83. The van der Waals surface area contributed by atoms with Gasteiger partial charge in [-0.2, -0.15) is 0 Å². The van der Waals surface area contributed by atoms with Crippen LogP contribution in [0, 0.1) is 0 Å². The van der Waals surface area contributed by atoms with Crippen molar-refractivity contribution < 1.29 is 9.53 Å². The van der Waals surface area contributed by atoms with E-state index in [1.807, 2.05) is 29.6 Å². The van der Waals surface area contributed by atoms with E-state index in [2.05, 4.69) is 32.3 Å². The van der Waals surface area contributed by atoms with Crippen LogP contribution in [-0.2, 0) is 12.0 Å². The van der Waals surface area contributed by atoms with E-state index in [0.717, 1.165) is 11.3 Å². The number of benzene rings is 1. The van der Waals surface area contributed by atoms with Crippen LogP contribution >= 0.6 is 11.3 Å². The third-order valence-electron chi connectivity index (χ3n) is 3.18. The summed E-state index contributed by atoms with van der Waals surface area (Å²) in [6, 6.07) is 9.91. The van der Waals surface area contributed by atoms with Gasteiger partial charge in [0.25, 0.3) is 5.91 Å². The summed E-state index contributed by atoms with van der Waals surface area (Å²) in [4.78, 5) is 12.2. The fourth-order valence-corrected chi connectivity index (χ4v) is 2.74. The van der Waals surface area contributed by atoms with Crippen LogP contribution in [-0.4, -0.2) is 5.91 Å². The largest absolute Gasteiger partial charge is 0.489 e. The van der Waals surface area contributed by atoms with E-state index < -0.39 is 0 Å². The zero-order valence-electron chi connectivity index (χ0n) is 12.5. The van der Waals surface area contributed by atoms with Crippen LogP contribution in [0.2, 0.25) is 0 Å². The molecule has 0 unspecified atom stereocenters. The summed E-state index contributed by atoms with van der Waals surface area (Å²) < 4.78 is 5.81. The molecule has 0 atom stereocenters. The highest BCUT2D eigenvalue weighted by Crippen LogP contribution is 2.26. The molecular formula is C16H20N2O2S. The van der Waals surface area contributed by atoms with E-state index in [-0.39, 0.29) is 11.3 Å². The molecule has 5 heteroatoms. The Bertz CT molecular complexity index is 629. The van der Waals surface area contributed by atoms with Crippen molar-refractivity contribution in [1.29, 1.82) is 0 Å². The van der Waals surface area contributed by atoms with Gasteiger partial charge in [-0.1, -0.05) is 32.9 Å². The number of carbonyl (C=O) groups is 1. The fourth-order valence-electron chi connectivity index (χ4n) is 1.93. The topological polar surface area (TPSA) is 64.3 Å². The summed E-state index contributed by atoms with van der Waals surface area (Å²) in [6.45, 7) is 6.83. The number of nitrogens with one attached hydrogen (secondary N) is 1. The zero-order valence-corrected chi connectivity index (χ0v) is 13.3. The summed E-state index contributed by atoms with van der Waals surface area (Å²) in [5.41, 5.74) is 4.28. The van der Waals surface area contributed by atoms with Crippen molar-refractivity contribution in [3.05, 3.63) is 51.7 Å². The van der Waals surface area contributed by atoms with E-state index in [0.29, 0.717) is 11.5 Å². The summed E-state index contributed by atoms with van der Waals surface area (Å²) in [6.07, 6.45) is 0. The highest BCUT2D eigenvalue weighted by molar-refractivity contribution is 7.12. The molecule has 0 radical (unpaired) electrons. The number of ether oxygens (including phenoxy) is 1. The van der Waals surface area contributed by atoms with Crippen molar-refractivity contribution in [2.24, 2.45) is 5.84 Å². The van der Waals surface area contributed by atoms with Crippen molar-refractivity contribution in [2.75, 3.05) is 0 Å². The fraction of sp³-hybridized carbons (Fsp3) is 0.312. The van der Waals surface area contributed by atoms with Gasteiger partial charge in [0.1, 0.15) is 12.4 Å². The highest BCUT2D eigenvalue weighted by atomic mass is 32.1. The molecule has 0 aliphatic carbocycles. The number of amides is 1. The average molecular weight is 304 g/mol. The van der Waals surface area contributed by atoms with Gasteiger partial charge in [0, 0.05) is 5.56 Å². The number of carbonyl (C=O) groups excluding carboxylic acids is 1. The molecule has 3 N–H and O–H groups in total. The van der Waals surface area contributed by atoms with Crippen LogP contribution in [0.15, 0.2) is 35.7 Å². The minimum Gasteiger partial charge on any atom is -0.489 e. The lowest BCUT2D eigenvalue weighted by Crippen LogP contribution is -2.30. The van der Waals surface area contributed by atoms with E-state index >= 15 is 0 Å². The minimum atomic E-state index is -0.285. The predicted molar refractivity (Wildman–Crippen MR) is 85.4 cm³/mol. The number of hydrogen-bond donors (Lipinski definition) is 2. The van der Waals surface area contributed by atoms with E-state index in [1.165, 1.54) is 16.9 Å². The number of thiophene rings is 1. The van der Waals surface area contributed by atoms with E-state index in [4.69, 9.17) is 10.6 Å². The van der Waals surface area contributed by atoms with Crippen molar-refractivity contribution in [1.82, 2.24) is 5.43 Å². The maximum atomic E-state index is 11.6. The number of hydrogen-bond acceptors (Lipinski definition) is 4. The van der Waals surface area contributed by atoms with Crippen molar-refractivity contribution in [3.63, 3.8) is 0 Å². The number of nitrogens with two attached hydrogens (primary N) is 1. The molecule has 0 bridgehead atoms. The summed E-state index contributed by atoms with van der Waals surface area (Å²) in [7, 11) is 0. The first kappa shape index (κ1) is 15.5. The molecule has 0 aliphatic rings. The van der Waals surface area contributed by atoms with Crippen molar-refractivity contribution in [3.8, 4) is 5.75 Å². The lowest BCUT2D eigenvalue weighted by Gasteiger charge is -2.19. The van der Waals surface area contributed by atoms with Gasteiger partial charge < -0.3 is 4.74 Å². The number of nitrogen functional groups attached to an aromatic ring is 1. The highest BCUT2D eigenvalue weighted by Gasteiger charge is 2.15. The average Bonchev–Trinajstić information content (AvgIpc) is 2.92. The standard InChI is InChI=1S/C16H20N2O2S/c1-16(2,3)12-5-4-6-13(9-12)20-10-11-7-8-21-14(11)15(19)18-17/h4-9H,10,17H2,1-3H3,(H,18,19). The second kappa shape index (κ2) is 6.28. The molecule has 0 aliphatic heterocycles. The summed E-state index contributed by atoms with van der Waals surface area (Å²) in [5.74, 6) is 5.69. The Morgan fingerprint density at radius 3 is 2.76 bits per heavy atom. The molecule has 2 rings (SSSR count). The molecular weight excluding hydrogens is 284 g/mol. The Labute approximate surface area is 128 Å². The molecule has 4 nitrogen and oxygen atoms in total. The Hall–Kier alpha value is -1.85. The molecule has 0 spiro atoms. The van der Waals surface area contributed by atoms with Crippen LogP contribution in [0.4, 0.5) is 0 Å². The van der Waals surface area contributed by atoms with Crippen molar-refractivity contribution in [2.45, 2.75) is 32.8 Å². The van der Waals surface area contributed by atoms with Gasteiger partial charge in [0.05, 0.1) is 4.88 Å². The molecule has 0 saturated carbocycles. The van der Waals surface area contributed by atoms with Gasteiger partial charge in [0.15, 0.2) is 0 Å². The van der Waals surface area contributed by atoms with Crippen LogP contribution in [0.25, 0.3) is 0 Å². The summed E-state index contributed by atoms with van der Waals surface area (Å²) >= 11 is 1.35. The van der Waals surface area contributed by atoms with Gasteiger partial charge in [0.2, 0.25) is 0 Å². The number of rotatable bonds is 4. The molecule has 2 aromatic rings. The van der Waals surface area contributed by atoms with Crippen LogP contribution in [0.3, 0.4) is 0 Å². The second-order valence-electron chi connectivity index (χ2n) is 5.81. The Morgan fingerprint density at radius 2 is 2.10 bits per heavy atom. The lowest BCUT2D eigenvalue weighted by atomic mass is 9.87. The van der Waals surface area contributed by atoms with E-state index in [9.17, 15) is 4.79 Å². The smallest absolute Gasteiger partial charge is 0.275 e. The molecule has 1 aromatic heterocycles. The van der Waals surface area contributed by atoms with Gasteiger partial charge in [-0.25, -0.2) is 5.84 Å². The minimum absolute atomic E-state index is 0.0757. The molecule has 1 aromatic carbocycles. The Morgan fingerprint density at radius 1 is 1.33 bits per heavy atom. The summed E-state index contributed by atoms with van der Waals surface area (Å²) in [5, 5.41) is 1.86. The molecule has 0 saturated heterocycles. The molecule has 112 valence electrons. The Kier molecular flexibility index (Phi) is 4.65. The zero-order chi connectivity index (χ0) is 15.5. The molecule has 21 heavy (non-hydrogen) atoms. The maximum absolute atomic E-state index is 11.6. The Balaban J connectivity index is 2.11. The van der Waals surface area contributed by atoms with Gasteiger partial charge >= 0.3 is 0 Å². The first-order chi connectivity index (χ1) is 9.91. The number of hydrazine groups is 1. The SMILES string of the molecule is CC(C)(C)c1cccc(OCc2ccsc2C(=O)NN)c1. The van der Waals surface area contributed by atoms with Crippen LogP contribution in [0.5, 0.6) is 5.75 Å². The van der Waals surface area contributed by atoms with Gasteiger partial charge in [-0.15, -0.1) is 11.3 Å². The molecule has 1 heterocycles. The maximum Gasteiger partial charge on any atom is 0.275 e. The first-order valence-corrected chi connectivity index (χ1v) is 7.60.